The van der Waals surface area contributed by atoms with Crippen LogP contribution in [0.2, 0.25) is 5.02 Å². The minimum absolute atomic E-state index is 0.174. The Morgan fingerprint density at radius 3 is 2.58 bits per heavy atom. The van der Waals surface area contributed by atoms with Gasteiger partial charge in [0.1, 0.15) is 0 Å². The van der Waals surface area contributed by atoms with Gasteiger partial charge in [-0.2, -0.15) is 10.1 Å². The van der Waals surface area contributed by atoms with E-state index in [1.807, 2.05) is 18.2 Å². The Labute approximate surface area is 199 Å². The molecule has 1 aliphatic carbocycles. The summed E-state index contributed by atoms with van der Waals surface area (Å²) in [4.78, 5) is 10.1. The van der Waals surface area contributed by atoms with Gasteiger partial charge in [-0.05, 0) is 57.6 Å². The molecule has 33 heavy (non-hydrogen) atoms. The summed E-state index contributed by atoms with van der Waals surface area (Å²) in [6, 6.07) is 6.22. The minimum atomic E-state index is 0.174. The third kappa shape index (κ3) is 4.87. The van der Waals surface area contributed by atoms with Crippen LogP contribution in [0.15, 0.2) is 23.2 Å². The van der Waals surface area contributed by atoms with Crippen LogP contribution in [0.25, 0.3) is 11.0 Å². The molecule has 1 saturated carbocycles. The van der Waals surface area contributed by atoms with Crippen molar-refractivity contribution in [3.8, 4) is 0 Å². The molecular weight excluding hydrogens is 436 g/mol. The number of nitrogens with zero attached hydrogens (tertiary/aromatic N) is 4. The van der Waals surface area contributed by atoms with Gasteiger partial charge in [0.2, 0.25) is 5.62 Å². The zero-order valence-corrected chi connectivity index (χ0v) is 20.7. The molecule has 2 heterocycles. The molecule has 0 unspecified atom stereocenters. The van der Waals surface area contributed by atoms with Crippen molar-refractivity contribution in [3.63, 3.8) is 0 Å². The van der Waals surface area contributed by atoms with Gasteiger partial charge < -0.3 is 21.4 Å². The number of hydrogen-bond acceptors (Lipinski definition) is 6. The van der Waals surface area contributed by atoms with E-state index < -0.39 is 0 Å². The number of H-pyrrole nitrogens is 1. The predicted octanol–water partition coefficient (Wildman–Crippen LogP) is 4.48. The standard InChI is InChI=1S/C24H35ClN8/c1-13(2)20-22-21(32-31-20)23(28-12-17-18(25)6-5-7-19(17)27)30-24(33(22)14(3)4)29-16-10-8-15(26)9-11-16/h5-7,13-16H,8-12,26-27H2,1-4H3,(H,31,32)(H,28,29,30). The highest BCUT2D eigenvalue weighted by atomic mass is 35.5. The average molecular weight is 471 g/mol. The molecule has 0 radical (unpaired) electrons. The summed E-state index contributed by atoms with van der Waals surface area (Å²) >= 11 is 6.40. The van der Waals surface area contributed by atoms with Crippen LogP contribution in [0.1, 0.15) is 76.6 Å². The van der Waals surface area contributed by atoms with Crippen LogP contribution in [0.4, 0.5) is 11.5 Å². The van der Waals surface area contributed by atoms with Gasteiger partial charge in [-0.15, -0.1) is 0 Å². The number of halogens is 1. The fourth-order valence-electron chi connectivity index (χ4n) is 4.50. The number of rotatable bonds is 6. The molecule has 1 aromatic carbocycles. The normalized spacial score (nSPS) is 19.7. The van der Waals surface area contributed by atoms with Crippen LogP contribution >= 0.6 is 11.6 Å². The number of aromatic nitrogens is 4. The first kappa shape index (κ1) is 23.6. The van der Waals surface area contributed by atoms with Crippen molar-refractivity contribution in [2.75, 3.05) is 11.1 Å². The first-order valence-corrected chi connectivity index (χ1v) is 12.2. The van der Waals surface area contributed by atoms with Crippen molar-refractivity contribution >= 4 is 34.1 Å². The third-order valence-corrected chi connectivity index (χ3v) is 6.74. The number of nitrogens with two attached hydrogens (primary N) is 2. The van der Waals surface area contributed by atoms with Crippen molar-refractivity contribution in [1.29, 1.82) is 0 Å². The Kier molecular flexibility index (Phi) is 6.95. The van der Waals surface area contributed by atoms with Crippen LogP contribution in [0.5, 0.6) is 0 Å². The molecule has 0 amide bonds. The Hall–Kier alpha value is -2.58. The Morgan fingerprint density at radius 2 is 1.94 bits per heavy atom. The topological polar surface area (TPSA) is 123 Å². The van der Waals surface area contributed by atoms with Crippen LogP contribution < -0.4 is 22.4 Å². The van der Waals surface area contributed by atoms with Gasteiger partial charge in [-0.1, -0.05) is 31.5 Å². The van der Waals surface area contributed by atoms with E-state index in [0.29, 0.717) is 23.1 Å². The van der Waals surface area contributed by atoms with Crippen molar-refractivity contribution in [1.82, 2.24) is 19.7 Å². The van der Waals surface area contributed by atoms with Crippen molar-refractivity contribution in [2.24, 2.45) is 10.7 Å². The van der Waals surface area contributed by atoms with Crippen LogP contribution in [0, 0.1) is 0 Å². The van der Waals surface area contributed by atoms with Crippen molar-refractivity contribution in [3.05, 3.63) is 40.1 Å². The highest BCUT2D eigenvalue weighted by Gasteiger charge is 2.22. The number of nitrogen functional groups attached to an aromatic ring is 1. The lowest BCUT2D eigenvalue weighted by Gasteiger charge is -2.24. The second kappa shape index (κ2) is 9.73. The van der Waals surface area contributed by atoms with Crippen molar-refractivity contribution in [2.45, 2.75) is 84.0 Å². The second-order valence-corrected chi connectivity index (χ2v) is 9.98. The van der Waals surface area contributed by atoms with Crippen LogP contribution in [0.3, 0.4) is 0 Å². The minimum Gasteiger partial charge on any atom is -0.398 e. The Bertz CT molecular complexity index is 1160. The fourth-order valence-corrected chi connectivity index (χ4v) is 4.75. The maximum atomic E-state index is 6.40. The smallest absolute Gasteiger partial charge is 0.227 e. The van der Waals surface area contributed by atoms with Gasteiger partial charge in [0, 0.05) is 34.9 Å². The van der Waals surface area contributed by atoms with Gasteiger partial charge >= 0.3 is 0 Å². The van der Waals surface area contributed by atoms with E-state index in [2.05, 4.69) is 47.8 Å². The summed E-state index contributed by atoms with van der Waals surface area (Å²) in [6.45, 7) is 9.09. The molecule has 0 spiro atoms. The second-order valence-electron chi connectivity index (χ2n) is 9.57. The maximum Gasteiger partial charge on any atom is 0.227 e. The average Bonchev–Trinajstić information content (AvgIpc) is 3.20. The largest absolute Gasteiger partial charge is 0.398 e. The SMILES string of the molecule is CC(C)c1[nH]nc2c(NCc3c(N)cccc3Cl)nc(=NC3CCC(N)CC3)n(C(C)C)c12. The highest BCUT2D eigenvalue weighted by molar-refractivity contribution is 6.31. The fraction of sp³-hybridized carbons (Fsp3) is 0.542. The molecule has 0 bridgehead atoms. The highest BCUT2D eigenvalue weighted by Crippen LogP contribution is 2.29. The summed E-state index contributed by atoms with van der Waals surface area (Å²) in [5.41, 5.74) is 17.4. The maximum absolute atomic E-state index is 6.40. The molecule has 6 N–H and O–H groups in total. The number of fused-ring (bicyclic) bond motifs is 1. The number of aromatic amines is 1. The molecule has 8 nitrogen and oxygen atoms in total. The van der Waals surface area contributed by atoms with E-state index in [-0.39, 0.29) is 24.0 Å². The van der Waals surface area contributed by atoms with Crippen molar-refractivity contribution < 1.29 is 0 Å². The number of anilines is 2. The van der Waals surface area contributed by atoms with E-state index in [1.54, 1.807) is 0 Å². The van der Waals surface area contributed by atoms with E-state index in [4.69, 9.17) is 33.0 Å². The lowest BCUT2D eigenvalue weighted by molar-refractivity contribution is 0.386. The van der Waals surface area contributed by atoms with E-state index in [1.165, 1.54) is 0 Å². The molecule has 1 fully saturated rings. The number of benzene rings is 1. The molecule has 178 valence electrons. The summed E-state index contributed by atoms with van der Waals surface area (Å²) in [6.07, 6.45) is 3.97. The van der Waals surface area contributed by atoms with Crippen LogP contribution in [-0.2, 0) is 6.54 Å². The number of nitrogens with one attached hydrogen (secondary N) is 2. The third-order valence-electron chi connectivity index (χ3n) is 6.38. The quantitative estimate of drug-likeness (QED) is 0.395. The lowest BCUT2D eigenvalue weighted by atomic mass is 9.92. The van der Waals surface area contributed by atoms with Gasteiger partial charge in [0.05, 0.1) is 17.3 Å². The molecule has 3 aromatic rings. The molecule has 0 atom stereocenters. The predicted molar refractivity (Wildman–Crippen MR) is 135 cm³/mol. The zero-order chi connectivity index (χ0) is 23.7. The molecule has 0 saturated heterocycles. The molecule has 4 rings (SSSR count). The van der Waals surface area contributed by atoms with E-state index in [0.717, 1.165) is 53.6 Å². The first-order valence-electron chi connectivity index (χ1n) is 11.8. The molecule has 1 aliphatic rings. The summed E-state index contributed by atoms with van der Waals surface area (Å²) in [5, 5.41) is 12.0. The monoisotopic (exact) mass is 470 g/mol. The molecule has 2 aromatic heterocycles. The molecule has 9 heteroatoms. The Balaban J connectivity index is 1.85. The molecule has 0 aliphatic heterocycles. The van der Waals surface area contributed by atoms with Gasteiger partial charge in [-0.3, -0.25) is 5.10 Å². The molecular formula is C24H35ClN8. The zero-order valence-electron chi connectivity index (χ0n) is 19.9. The summed E-state index contributed by atoms with van der Waals surface area (Å²) < 4.78 is 2.21. The lowest BCUT2D eigenvalue weighted by Crippen LogP contribution is -2.33. The summed E-state index contributed by atoms with van der Waals surface area (Å²) in [5.74, 6) is 0.950. The first-order chi connectivity index (χ1) is 15.8. The summed E-state index contributed by atoms with van der Waals surface area (Å²) in [7, 11) is 0. The van der Waals surface area contributed by atoms with E-state index >= 15 is 0 Å². The number of hydrogen-bond donors (Lipinski definition) is 4. The van der Waals surface area contributed by atoms with Gasteiger partial charge in [0.15, 0.2) is 11.3 Å². The van der Waals surface area contributed by atoms with Gasteiger partial charge in [0.25, 0.3) is 0 Å². The van der Waals surface area contributed by atoms with Crippen LogP contribution in [-0.4, -0.2) is 31.8 Å². The Morgan fingerprint density at radius 1 is 1.21 bits per heavy atom. The van der Waals surface area contributed by atoms with E-state index in [9.17, 15) is 0 Å². The van der Waals surface area contributed by atoms with Gasteiger partial charge in [-0.25, -0.2) is 4.99 Å².